The highest BCUT2D eigenvalue weighted by Crippen LogP contribution is 1.95. The lowest BCUT2D eigenvalue weighted by atomic mass is 10.3. The van der Waals surface area contributed by atoms with Crippen LogP contribution in [0.4, 0.5) is 0 Å². The van der Waals surface area contributed by atoms with Crippen molar-refractivity contribution in [2.24, 2.45) is 5.73 Å². The van der Waals surface area contributed by atoms with Gasteiger partial charge < -0.3 is 24.8 Å². The molecule has 7 heteroatoms. The van der Waals surface area contributed by atoms with E-state index in [4.69, 9.17) is 32.2 Å². The van der Waals surface area contributed by atoms with Crippen LogP contribution >= 0.6 is 12.2 Å². The molecule has 0 aliphatic carbocycles. The largest absolute Gasteiger partial charge is 0.393 e. The first-order valence-corrected chi connectivity index (χ1v) is 7.15. The van der Waals surface area contributed by atoms with Gasteiger partial charge in [-0.1, -0.05) is 12.2 Å². The van der Waals surface area contributed by atoms with Crippen molar-refractivity contribution in [3.63, 3.8) is 0 Å². The summed E-state index contributed by atoms with van der Waals surface area (Å²) in [7, 11) is 3.38. The lowest BCUT2D eigenvalue weighted by molar-refractivity contribution is -0.130. The number of carbonyl (C=O) groups is 1. The molecule has 0 saturated carbocycles. The molecule has 20 heavy (non-hydrogen) atoms. The van der Waals surface area contributed by atoms with E-state index in [1.165, 1.54) is 0 Å². The molecule has 0 aromatic rings. The normalized spacial score (nSPS) is 10.5. The van der Waals surface area contributed by atoms with E-state index in [2.05, 4.69) is 0 Å². The van der Waals surface area contributed by atoms with Crippen molar-refractivity contribution >= 4 is 23.1 Å². The first-order chi connectivity index (χ1) is 9.57. The van der Waals surface area contributed by atoms with E-state index in [0.717, 1.165) is 6.42 Å². The zero-order valence-corrected chi connectivity index (χ0v) is 13.2. The minimum atomic E-state index is 0.0394. The summed E-state index contributed by atoms with van der Waals surface area (Å²) < 4.78 is 15.5. The molecule has 0 aromatic heterocycles. The smallest absolute Gasteiger partial charge is 0.224 e. The number of hydrogen-bond donors (Lipinski definition) is 1. The van der Waals surface area contributed by atoms with Crippen molar-refractivity contribution in [3.8, 4) is 0 Å². The van der Waals surface area contributed by atoms with Crippen LogP contribution in [0.3, 0.4) is 0 Å². The van der Waals surface area contributed by atoms with Crippen molar-refractivity contribution < 1.29 is 19.0 Å². The van der Waals surface area contributed by atoms with Crippen LogP contribution in [-0.4, -0.2) is 69.5 Å². The van der Waals surface area contributed by atoms with E-state index in [9.17, 15) is 4.79 Å². The third-order valence-electron chi connectivity index (χ3n) is 2.59. The SMILES string of the molecule is COCCOCCCOCCC(=O)N(C)CCC(N)=S. The predicted octanol–water partition coefficient (Wildman–Crippen LogP) is 0.581. The van der Waals surface area contributed by atoms with Gasteiger partial charge in [0.15, 0.2) is 0 Å². The molecule has 0 fully saturated rings. The maximum atomic E-state index is 11.7. The average molecular weight is 306 g/mol. The van der Waals surface area contributed by atoms with Crippen LogP contribution in [0, 0.1) is 0 Å². The molecular formula is C13H26N2O4S. The molecule has 0 unspecified atom stereocenters. The molecule has 0 bridgehead atoms. The van der Waals surface area contributed by atoms with Crippen LogP contribution in [0.5, 0.6) is 0 Å². The molecule has 1 amide bonds. The highest BCUT2D eigenvalue weighted by Gasteiger charge is 2.08. The second kappa shape index (κ2) is 13.2. The molecule has 0 aliphatic rings. The highest BCUT2D eigenvalue weighted by atomic mass is 32.1. The quantitative estimate of drug-likeness (QED) is 0.396. The Labute approximate surface area is 126 Å². The van der Waals surface area contributed by atoms with Gasteiger partial charge in [-0.15, -0.1) is 0 Å². The summed E-state index contributed by atoms with van der Waals surface area (Å²) in [6.45, 7) is 3.43. The van der Waals surface area contributed by atoms with E-state index in [1.807, 2.05) is 0 Å². The summed E-state index contributed by atoms with van der Waals surface area (Å²) in [6, 6.07) is 0. The summed E-state index contributed by atoms with van der Waals surface area (Å²) >= 11 is 4.77. The molecule has 0 spiro atoms. The van der Waals surface area contributed by atoms with Gasteiger partial charge in [0.05, 0.1) is 31.2 Å². The number of rotatable bonds is 13. The van der Waals surface area contributed by atoms with Gasteiger partial charge in [0.1, 0.15) is 0 Å². The van der Waals surface area contributed by atoms with Gasteiger partial charge in [-0.25, -0.2) is 0 Å². The maximum Gasteiger partial charge on any atom is 0.224 e. The van der Waals surface area contributed by atoms with Crippen molar-refractivity contribution in [2.75, 3.05) is 53.7 Å². The fraction of sp³-hybridized carbons (Fsp3) is 0.846. The molecule has 0 aromatic carbocycles. The zero-order chi connectivity index (χ0) is 15.2. The van der Waals surface area contributed by atoms with Gasteiger partial charge in [0.2, 0.25) is 5.91 Å². The molecule has 0 rings (SSSR count). The first-order valence-electron chi connectivity index (χ1n) is 6.74. The topological polar surface area (TPSA) is 74.0 Å². The summed E-state index contributed by atoms with van der Waals surface area (Å²) in [5.41, 5.74) is 5.39. The summed E-state index contributed by atoms with van der Waals surface area (Å²) in [6.07, 6.45) is 1.74. The molecule has 118 valence electrons. The zero-order valence-electron chi connectivity index (χ0n) is 12.4. The molecule has 0 radical (unpaired) electrons. The number of ether oxygens (including phenoxy) is 3. The lowest BCUT2D eigenvalue weighted by Crippen LogP contribution is -2.30. The number of carbonyl (C=O) groups excluding carboxylic acids is 1. The van der Waals surface area contributed by atoms with Crippen molar-refractivity contribution in [1.82, 2.24) is 4.90 Å². The summed E-state index contributed by atoms with van der Waals surface area (Å²) in [5.74, 6) is 0.0394. The van der Waals surface area contributed by atoms with Gasteiger partial charge in [0, 0.05) is 40.3 Å². The second-order valence-corrected chi connectivity index (χ2v) is 4.88. The van der Waals surface area contributed by atoms with E-state index >= 15 is 0 Å². The van der Waals surface area contributed by atoms with E-state index in [-0.39, 0.29) is 5.91 Å². The predicted molar refractivity (Wildman–Crippen MR) is 81.8 cm³/mol. The first kappa shape index (κ1) is 19.2. The van der Waals surface area contributed by atoms with Crippen LogP contribution in [0.2, 0.25) is 0 Å². The fourth-order valence-corrected chi connectivity index (χ4v) is 1.45. The lowest BCUT2D eigenvalue weighted by Gasteiger charge is -2.16. The van der Waals surface area contributed by atoms with Gasteiger partial charge in [0.25, 0.3) is 0 Å². The number of hydrogen-bond acceptors (Lipinski definition) is 5. The maximum absolute atomic E-state index is 11.7. The highest BCUT2D eigenvalue weighted by molar-refractivity contribution is 7.80. The molecule has 0 heterocycles. The second-order valence-electron chi connectivity index (χ2n) is 4.35. The number of nitrogens with two attached hydrogens (primary N) is 1. The van der Waals surface area contributed by atoms with Crippen LogP contribution in [-0.2, 0) is 19.0 Å². The summed E-state index contributed by atoms with van der Waals surface area (Å²) in [4.78, 5) is 13.7. The number of methoxy groups -OCH3 is 1. The number of amides is 1. The Hall–Kier alpha value is -0.760. The monoisotopic (exact) mass is 306 g/mol. The molecular weight excluding hydrogens is 280 g/mol. The van der Waals surface area contributed by atoms with Gasteiger partial charge >= 0.3 is 0 Å². The van der Waals surface area contributed by atoms with Gasteiger partial charge in [-0.2, -0.15) is 0 Å². The minimum Gasteiger partial charge on any atom is -0.393 e. The van der Waals surface area contributed by atoms with Crippen LogP contribution in [0.1, 0.15) is 19.3 Å². The Balaban J connectivity index is 3.36. The molecule has 2 N–H and O–H groups in total. The van der Waals surface area contributed by atoms with Gasteiger partial charge in [-0.05, 0) is 6.42 Å². The molecule has 0 aliphatic heterocycles. The summed E-state index contributed by atoms with van der Waals surface area (Å²) in [5, 5.41) is 0. The van der Waals surface area contributed by atoms with Crippen LogP contribution in [0.25, 0.3) is 0 Å². The third-order valence-corrected chi connectivity index (χ3v) is 2.79. The standard InChI is InChI=1S/C13H26N2O4S/c1-15(6-4-12(14)20)13(16)5-9-18-7-3-8-19-11-10-17-2/h3-11H2,1-2H3,(H2,14,20). The Morgan fingerprint density at radius 3 is 2.35 bits per heavy atom. The number of nitrogens with zero attached hydrogens (tertiary/aromatic N) is 1. The molecule has 0 atom stereocenters. The van der Waals surface area contributed by atoms with E-state index in [0.29, 0.717) is 57.4 Å². The van der Waals surface area contributed by atoms with E-state index < -0.39 is 0 Å². The minimum absolute atomic E-state index is 0.0394. The fourth-order valence-electron chi connectivity index (χ4n) is 1.36. The third kappa shape index (κ3) is 12.3. The van der Waals surface area contributed by atoms with Crippen molar-refractivity contribution in [3.05, 3.63) is 0 Å². The van der Waals surface area contributed by atoms with E-state index in [1.54, 1.807) is 19.1 Å². The number of thiocarbonyl (C=S) groups is 1. The molecule has 6 nitrogen and oxygen atoms in total. The van der Waals surface area contributed by atoms with Gasteiger partial charge in [-0.3, -0.25) is 4.79 Å². The molecule has 0 saturated heterocycles. The Kier molecular flexibility index (Phi) is 12.7. The Bertz CT molecular complexity index is 277. The van der Waals surface area contributed by atoms with Crippen LogP contribution < -0.4 is 5.73 Å². The Morgan fingerprint density at radius 1 is 1.10 bits per heavy atom. The van der Waals surface area contributed by atoms with Crippen molar-refractivity contribution in [1.29, 1.82) is 0 Å². The Morgan fingerprint density at radius 2 is 1.75 bits per heavy atom. The average Bonchev–Trinajstić information content (AvgIpc) is 2.42. The van der Waals surface area contributed by atoms with Crippen molar-refractivity contribution in [2.45, 2.75) is 19.3 Å². The van der Waals surface area contributed by atoms with Crippen LogP contribution in [0.15, 0.2) is 0 Å².